The van der Waals surface area contributed by atoms with Crippen molar-refractivity contribution in [2.75, 3.05) is 45.9 Å². The molecule has 0 spiro atoms. The molecule has 2 aliphatic rings. The van der Waals surface area contributed by atoms with Crippen LogP contribution in [0.4, 0.5) is 5.69 Å². The molecule has 8 nitrogen and oxygen atoms in total. The Labute approximate surface area is 215 Å². The molecule has 0 saturated carbocycles. The Balaban J connectivity index is 1.55. The van der Waals surface area contributed by atoms with Crippen LogP contribution < -0.4 is 14.4 Å². The predicted octanol–water partition coefficient (Wildman–Crippen LogP) is 4.23. The second-order valence-electron chi connectivity index (χ2n) is 8.61. The number of anilines is 1. The van der Waals surface area contributed by atoms with Crippen molar-refractivity contribution in [2.45, 2.75) is 24.7 Å². The van der Waals surface area contributed by atoms with Crippen LogP contribution in [0.5, 0.6) is 11.5 Å². The maximum absolute atomic E-state index is 13.2. The molecule has 0 N–H and O–H groups in total. The first-order chi connectivity index (χ1) is 17.4. The fourth-order valence-corrected chi connectivity index (χ4v) is 5.51. The van der Waals surface area contributed by atoms with E-state index in [4.69, 9.17) is 14.2 Å². The van der Waals surface area contributed by atoms with E-state index < -0.39 is 0 Å². The summed E-state index contributed by atoms with van der Waals surface area (Å²) in [6.07, 6.45) is 3.28. The van der Waals surface area contributed by atoms with Crippen molar-refractivity contribution < 1.29 is 28.6 Å². The van der Waals surface area contributed by atoms with E-state index in [0.717, 1.165) is 23.3 Å². The van der Waals surface area contributed by atoms with Gasteiger partial charge in [0, 0.05) is 30.6 Å². The zero-order chi connectivity index (χ0) is 25.8. The number of hydrogen-bond donors (Lipinski definition) is 0. The Morgan fingerprint density at radius 1 is 1.11 bits per heavy atom. The van der Waals surface area contributed by atoms with Crippen LogP contribution in [0.25, 0.3) is 6.08 Å². The Hall–Kier alpha value is -3.46. The largest absolute Gasteiger partial charge is 0.493 e. The molecule has 0 unspecified atom stereocenters. The highest BCUT2D eigenvalue weighted by atomic mass is 32.2. The smallest absolute Gasteiger partial charge is 0.310 e. The van der Waals surface area contributed by atoms with Crippen LogP contribution >= 0.6 is 11.8 Å². The lowest BCUT2D eigenvalue weighted by molar-refractivity contribution is -0.149. The van der Waals surface area contributed by atoms with E-state index in [2.05, 4.69) is 0 Å². The number of nitrogens with zero attached hydrogens (tertiary/aromatic N) is 2. The van der Waals surface area contributed by atoms with E-state index in [0.29, 0.717) is 47.4 Å². The van der Waals surface area contributed by atoms with Gasteiger partial charge >= 0.3 is 5.97 Å². The minimum absolute atomic E-state index is 0.149. The van der Waals surface area contributed by atoms with Gasteiger partial charge in [0.15, 0.2) is 11.5 Å². The molecule has 2 heterocycles. The molecule has 0 aliphatic carbocycles. The molecule has 2 aromatic rings. The van der Waals surface area contributed by atoms with Crippen molar-refractivity contribution in [3.05, 3.63) is 52.4 Å². The molecular formula is C27H30N2O6S. The number of ether oxygens (including phenoxy) is 3. The molecule has 2 aliphatic heterocycles. The third-order valence-corrected chi connectivity index (χ3v) is 7.41. The summed E-state index contributed by atoms with van der Waals surface area (Å²) in [5.74, 6) is 0.334. The summed E-state index contributed by atoms with van der Waals surface area (Å²) in [7, 11) is 4.85. The number of piperidine rings is 1. The second kappa shape index (κ2) is 11.1. The SMILES string of the molecule is CCOC(=O)[C@H]1CCCN(C(=O)c2ccc3c(c2)N(C)C(=O)/C(=C/c2ccc(OC)c(OC)c2)S3)C1. The van der Waals surface area contributed by atoms with Crippen LogP contribution in [0.3, 0.4) is 0 Å². The van der Waals surface area contributed by atoms with Gasteiger partial charge in [-0.1, -0.05) is 17.8 Å². The summed E-state index contributed by atoms with van der Waals surface area (Å²) >= 11 is 1.36. The van der Waals surface area contributed by atoms with Crippen LogP contribution in [-0.2, 0) is 14.3 Å². The Morgan fingerprint density at radius 3 is 2.61 bits per heavy atom. The lowest BCUT2D eigenvalue weighted by Gasteiger charge is -2.32. The molecule has 1 atom stereocenters. The van der Waals surface area contributed by atoms with Gasteiger partial charge in [-0.3, -0.25) is 14.4 Å². The van der Waals surface area contributed by atoms with Crippen LogP contribution in [0, 0.1) is 5.92 Å². The summed E-state index contributed by atoms with van der Waals surface area (Å²) in [5.41, 5.74) is 1.98. The number of amides is 2. The first-order valence-corrected chi connectivity index (χ1v) is 12.7. The molecule has 1 saturated heterocycles. The van der Waals surface area contributed by atoms with Crippen LogP contribution in [0.15, 0.2) is 46.2 Å². The second-order valence-corrected chi connectivity index (χ2v) is 9.70. The van der Waals surface area contributed by atoms with Gasteiger partial charge in [0.2, 0.25) is 0 Å². The van der Waals surface area contributed by atoms with Gasteiger partial charge in [-0.2, -0.15) is 0 Å². The number of methoxy groups -OCH3 is 2. The third kappa shape index (κ3) is 5.21. The topological polar surface area (TPSA) is 85.4 Å². The minimum atomic E-state index is -0.302. The first kappa shape index (κ1) is 25.6. The summed E-state index contributed by atoms with van der Waals surface area (Å²) in [6.45, 7) is 3.04. The molecule has 36 heavy (non-hydrogen) atoms. The fourth-order valence-electron chi connectivity index (χ4n) is 4.42. The number of likely N-dealkylation sites (N-methyl/N-ethyl adjacent to an activating group) is 1. The number of carbonyl (C=O) groups is 3. The zero-order valence-electron chi connectivity index (χ0n) is 20.9. The number of carbonyl (C=O) groups excluding carboxylic acids is 3. The minimum Gasteiger partial charge on any atom is -0.493 e. The van der Waals surface area contributed by atoms with Crippen molar-refractivity contribution in [1.82, 2.24) is 4.90 Å². The number of benzene rings is 2. The highest BCUT2D eigenvalue weighted by Crippen LogP contribution is 2.42. The third-order valence-electron chi connectivity index (χ3n) is 6.34. The van der Waals surface area contributed by atoms with Crippen LogP contribution in [0.2, 0.25) is 0 Å². The highest BCUT2D eigenvalue weighted by molar-refractivity contribution is 8.04. The summed E-state index contributed by atoms with van der Waals surface area (Å²) in [4.78, 5) is 43.3. The molecule has 190 valence electrons. The molecule has 2 aromatic carbocycles. The average Bonchev–Trinajstić information content (AvgIpc) is 2.91. The van der Waals surface area contributed by atoms with Gasteiger partial charge in [-0.05, 0) is 61.7 Å². The van der Waals surface area contributed by atoms with Gasteiger partial charge in [0.25, 0.3) is 11.8 Å². The monoisotopic (exact) mass is 510 g/mol. The van der Waals surface area contributed by atoms with Crippen molar-refractivity contribution >= 4 is 41.3 Å². The lowest BCUT2D eigenvalue weighted by atomic mass is 9.97. The molecule has 4 rings (SSSR count). The molecule has 9 heteroatoms. The number of hydrogen-bond acceptors (Lipinski definition) is 7. The zero-order valence-corrected chi connectivity index (χ0v) is 21.7. The number of thioether (sulfide) groups is 1. The Morgan fingerprint density at radius 2 is 1.89 bits per heavy atom. The van der Waals surface area contributed by atoms with E-state index in [9.17, 15) is 14.4 Å². The molecule has 0 aromatic heterocycles. The van der Waals surface area contributed by atoms with Crippen molar-refractivity contribution in [2.24, 2.45) is 5.92 Å². The Bertz CT molecular complexity index is 1210. The first-order valence-electron chi connectivity index (χ1n) is 11.9. The van der Waals surface area contributed by atoms with E-state index in [1.54, 1.807) is 56.2 Å². The van der Waals surface area contributed by atoms with Gasteiger partial charge in [0.1, 0.15) is 0 Å². The highest BCUT2D eigenvalue weighted by Gasteiger charge is 2.32. The van der Waals surface area contributed by atoms with E-state index >= 15 is 0 Å². The van der Waals surface area contributed by atoms with Gasteiger partial charge in [-0.25, -0.2) is 0 Å². The summed E-state index contributed by atoms with van der Waals surface area (Å²) < 4.78 is 15.8. The van der Waals surface area contributed by atoms with E-state index in [-0.39, 0.29) is 23.7 Å². The molecule has 2 amide bonds. The van der Waals surface area contributed by atoms with Crippen molar-refractivity contribution in [3.63, 3.8) is 0 Å². The molecule has 0 bridgehead atoms. The predicted molar refractivity (Wildman–Crippen MR) is 138 cm³/mol. The summed E-state index contributed by atoms with van der Waals surface area (Å²) in [5, 5.41) is 0. The fraction of sp³-hybridized carbons (Fsp3) is 0.370. The van der Waals surface area contributed by atoms with E-state index in [1.807, 2.05) is 24.3 Å². The maximum atomic E-state index is 13.2. The van der Waals surface area contributed by atoms with Gasteiger partial charge in [-0.15, -0.1) is 0 Å². The summed E-state index contributed by atoms with van der Waals surface area (Å²) in [6, 6.07) is 10.9. The molecule has 0 radical (unpaired) electrons. The van der Waals surface area contributed by atoms with Crippen molar-refractivity contribution in [3.8, 4) is 11.5 Å². The van der Waals surface area contributed by atoms with E-state index in [1.165, 1.54) is 11.8 Å². The molecular weight excluding hydrogens is 480 g/mol. The number of esters is 1. The van der Waals surface area contributed by atoms with Gasteiger partial charge in [0.05, 0.1) is 37.3 Å². The van der Waals surface area contributed by atoms with Crippen LogP contribution in [0.1, 0.15) is 35.7 Å². The number of rotatable bonds is 6. The normalized spacial score (nSPS) is 18.6. The lowest BCUT2D eigenvalue weighted by Crippen LogP contribution is -2.43. The number of likely N-dealkylation sites (tertiary alicyclic amines) is 1. The standard InChI is InChI=1S/C27H30N2O6S/c1-5-35-27(32)19-7-6-12-29(16-19)25(30)18-9-11-23-20(15-18)28(2)26(31)24(36-23)14-17-8-10-21(33-3)22(13-17)34-4/h8-11,13-15,19H,5-7,12,16H2,1-4H3/b24-14-/t19-/m0/s1. The van der Waals surface area contributed by atoms with Crippen LogP contribution in [-0.4, -0.2) is 63.6 Å². The quantitative estimate of drug-likeness (QED) is 0.425. The maximum Gasteiger partial charge on any atom is 0.310 e. The Kier molecular flexibility index (Phi) is 7.88. The average molecular weight is 511 g/mol. The number of fused-ring (bicyclic) bond motifs is 1. The van der Waals surface area contributed by atoms with Gasteiger partial charge < -0.3 is 24.0 Å². The molecule has 1 fully saturated rings. The van der Waals surface area contributed by atoms with Crippen molar-refractivity contribution in [1.29, 1.82) is 0 Å².